The number of nitrogens with one attached hydrogen (secondary N) is 2. The zero-order chi connectivity index (χ0) is 24.7. The van der Waals surface area contributed by atoms with Crippen molar-refractivity contribution >= 4 is 33.4 Å². The van der Waals surface area contributed by atoms with Crippen LogP contribution < -0.4 is 10.6 Å². The van der Waals surface area contributed by atoms with Gasteiger partial charge in [0.25, 0.3) is 5.91 Å². The number of carbonyl (C=O) groups excluding carboxylic acids is 2. The summed E-state index contributed by atoms with van der Waals surface area (Å²) >= 11 is 5.86. The Morgan fingerprint density at radius 3 is 2.32 bits per heavy atom. The van der Waals surface area contributed by atoms with Crippen LogP contribution in [-0.4, -0.2) is 63.9 Å². The summed E-state index contributed by atoms with van der Waals surface area (Å²) in [6.45, 7) is 0.970. The van der Waals surface area contributed by atoms with E-state index in [-0.39, 0.29) is 41.9 Å². The minimum Gasteiger partial charge on any atom is -0.383 e. The molecule has 0 radical (unpaired) electrons. The number of benzene rings is 2. The summed E-state index contributed by atoms with van der Waals surface area (Å²) in [4.78, 5) is 25.8. The molecule has 1 fully saturated rings. The fraction of sp³-hybridized carbons (Fsp3) is 0.391. The van der Waals surface area contributed by atoms with E-state index in [1.54, 1.807) is 0 Å². The van der Waals surface area contributed by atoms with Gasteiger partial charge >= 0.3 is 0 Å². The Labute approximate surface area is 203 Å². The second-order valence-electron chi connectivity index (χ2n) is 7.94. The van der Waals surface area contributed by atoms with Crippen molar-refractivity contribution in [2.24, 2.45) is 5.92 Å². The molecule has 1 atom stereocenters. The standard InChI is InChI=1S/C23H27ClFN3O5S/c1-33-15-12-26-23(30)21(27-22(29)17-2-6-19(25)7-3-17)16-10-13-28(14-11-16)34(31,32)20-8-4-18(24)5-9-20/h2-9,16,21H,10-15H2,1H3,(H,26,30)(H,27,29). The topological polar surface area (TPSA) is 105 Å². The molecule has 0 saturated carbocycles. The number of hydrogen-bond donors (Lipinski definition) is 2. The summed E-state index contributed by atoms with van der Waals surface area (Å²) in [5.74, 6) is -1.65. The van der Waals surface area contributed by atoms with E-state index in [9.17, 15) is 22.4 Å². The van der Waals surface area contributed by atoms with E-state index in [1.807, 2.05) is 0 Å². The van der Waals surface area contributed by atoms with Crippen molar-refractivity contribution in [1.82, 2.24) is 14.9 Å². The molecular formula is C23H27ClFN3O5S. The first-order valence-corrected chi connectivity index (χ1v) is 12.6. The molecule has 1 aliphatic heterocycles. The number of rotatable bonds is 9. The van der Waals surface area contributed by atoms with Crippen molar-refractivity contribution in [3.8, 4) is 0 Å². The van der Waals surface area contributed by atoms with Crippen LogP contribution in [0.4, 0.5) is 4.39 Å². The highest BCUT2D eigenvalue weighted by atomic mass is 35.5. The van der Waals surface area contributed by atoms with Gasteiger partial charge in [0.1, 0.15) is 11.9 Å². The summed E-state index contributed by atoms with van der Waals surface area (Å²) in [5, 5.41) is 5.92. The molecule has 2 amide bonds. The number of ether oxygens (including phenoxy) is 1. The number of piperidine rings is 1. The highest BCUT2D eigenvalue weighted by Crippen LogP contribution is 2.27. The molecule has 1 aliphatic rings. The van der Waals surface area contributed by atoms with Gasteiger partial charge in [-0.05, 0) is 67.3 Å². The molecule has 0 bridgehead atoms. The number of nitrogens with zero attached hydrogens (tertiary/aromatic N) is 1. The van der Waals surface area contributed by atoms with Gasteiger partial charge in [-0.25, -0.2) is 12.8 Å². The Kier molecular flexibility index (Phi) is 9.01. The van der Waals surface area contributed by atoms with E-state index in [2.05, 4.69) is 10.6 Å². The third kappa shape index (κ3) is 6.53. The quantitative estimate of drug-likeness (QED) is 0.503. The maximum atomic E-state index is 13.2. The average Bonchev–Trinajstić information content (AvgIpc) is 2.83. The fourth-order valence-electron chi connectivity index (χ4n) is 3.81. The van der Waals surface area contributed by atoms with Gasteiger partial charge in [0.2, 0.25) is 15.9 Å². The first-order chi connectivity index (χ1) is 16.2. The molecule has 2 N–H and O–H groups in total. The summed E-state index contributed by atoms with van der Waals surface area (Å²) in [5.41, 5.74) is 0.221. The molecule has 11 heteroatoms. The summed E-state index contributed by atoms with van der Waals surface area (Å²) in [6.07, 6.45) is 0.748. The number of sulfonamides is 1. The molecule has 0 aliphatic carbocycles. The maximum absolute atomic E-state index is 13.2. The lowest BCUT2D eigenvalue weighted by atomic mass is 9.89. The Balaban J connectivity index is 1.71. The molecule has 1 unspecified atom stereocenters. The normalized spacial score (nSPS) is 16.1. The van der Waals surface area contributed by atoms with Crippen LogP contribution in [0.15, 0.2) is 53.4 Å². The van der Waals surface area contributed by atoms with Gasteiger partial charge < -0.3 is 15.4 Å². The number of methoxy groups -OCH3 is 1. The molecule has 184 valence electrons. The van der Waals surface area contributed by atoms with Crippen molar-refractivity contribution < 1.29 is 27.1 Å². The van der Waals surface area contributed by atoms with Crippen LogP contribution in [-0.2, 0) is 19.6 Å². The Bertz CT molecular complexity index is 1090. The van der Waals surface area contributed by atoms with E-state index < -0.39 is 27.8 Å². The average molecular weight is 512 g/mol. The second kappa shape index (κ2) is 11.7. The third-order valence-corrected chi connectivity index (χ3v) is 7.87. The molecule has 1 saturated heterocycles. The first-order valence-electron chi connectivity index (χ1n) is 10.8. The molecule has 2 aromatic rings. The van der Waals surface area contributed by atoms with E-state index in [0.717, 1.165) is 0 Å². The van der Waals surface area contributed by atoms with E-state index in [4.69, 9.17) is 16.3 Å². The van der Waals surface area contributed by atoms with Crippen molar-refractivity contribution in [3.63, 3.8) is 0 Å². The number of halogens is 2. The number of amides is 2. The molecule has 0 aromatic heterocycles. The Morgan fingerprint density at radius 2 is 1.74 bits per heavy atom. The lowest BCUT2D eigenvalue weighted by Gasteiger charge is -2.35. The molecule has 2 aromatic carbocycles. The van der Waals surface area contributed by atoms with Crippen LogP contribution in [0.25, 0.3) is 0 Å². The number of hydrogen-bond acceptors (Lipinski definition) is 5. The summed E-state index contributed by atoms with van der Waals surface area (Å²) in [6, 6.07) is 10.1. The van der Waals surface area contributed by atoms with Crippen LogP contribution in [0.1, 0.15) is 23.2 Å². The molecular weight excluding hydrogens is 485 g/mol. The third-order valence-electron chi connectivity index (χ3n) is 5.70. The van der Waals surface area contributed by atoms with E-state index in [1.165, 1.54) is 59.9 Å². The monoisotopic (exact) mass is 511 g/mol. The predicted octanol–water partition coefficient (Wildman–Crippen LogP) is 2.44. The maximum Gasteiger partial charge on any atom is 0.251 e. The lowest BCUT2D eigenvalue weighted by molar-refractivity contribution is -0.124. The van der Waals surface area contributed by atoms with Gasteiger partial charge in [-0.1, -0.05) is 11.6 Å². The SMILES string of the molecule is COCCNC(=O)C(NC(=O)c1ccc(F)cc1)C1CCN(S(=O)(=O)c2ccc(Cl)cc2)CC1. The van der Waals surface area contributed by atoms with Gasteiger partial charge in [-0.15, -0.1) is 0 Å². The van der Waals surface area contributed by atoms with Crippen molar-refractivity contribution in [3.05, 3.63) is 64.9 Å². The predicted molar refractivity (Wildman–Crippen MR) is 125 cm³/mol. The molecule has 1 heterocycles. The molecule has 3 rings (SSSR count). The van der Waals surface area contributed by atoms with Gasteiger partial charge in [0.05, 0.1) is 11.5 Å². The van der Waals surface area contributed by atoms with Crippen LogP contribution in [0.5, 0.6) is 0 Å². The lowest BCUT2D eigenvalue weighted by Crippen LogP contribution is -2.54. The molecule has 8 nitrogen and oxygen atoms in total. The van der Waals surface area contributed by atoms with Gasteiger partial charge in [-0.3, -0.25) is 9.59 Å². The van der Waals surface area contributed by atoms with Crippen molar-refractivity contribution in [2.45, 2.75) is 23.8 Å². The van der Waals surface area contributed by atoms with Gasteiger partial charge in [0.15, 0.2) is 0 Å². The van der Waals surface area contributed by atoms with Crippen molar-refractivity contribution in [2.75, 3.05) is 33.4 Å². The van der Waals surface area contributed by atoms with E-state index in [0.29, 0.717) is 24.5 Å². The van der Waals surface area contributed by atoms with Crippen LogP contribution in [0, 0.1) is 11.7 Å². The number of carbonyl (C=O) groups is 2. The highest BCUT2D eigenvalue weighted by Gasteiger charge is 2.36. The van der Waals surface area contributed by atoms with Crippen LogP contribution in [0.3, 0.4) is 0 Å². The largest absolute Gasteiger partial charge is 0.383 e. The Morgan fingerprint density at radius 1 is 1.12 bits per heavy atom. The Hall–Kier alpha value is -2.53. The fourth-order valence-corrected chi connectivity index (χ4v) is 5.41. The first kappa shape index (κ1) is 26.1. The highest BCUT2D eigenvalue weighted by molar-refractivity contribution is 7.89. The van der Waals surface area contributed by atoms with E-state index >= 15 is 0 Å². The smallest absolute Gasteiger partial charge is 0.251 e. The van der Waals surface area contributed by atoms with Gasteiger partial charge in [0, 0.05) is 37.3 Å². The second-order valence-corrected chi connectivity index (χ2v) is 10.3. The van der Waals surface area contributed by atoms with Crippen molar-refractivity contribution in [1.29, 1.82) is 0 Å². The minimum atomic E-state index is -3.70. The van der Waals surface area contributed by atoms with Gasteiger partial charge in [-0.2, -0.15) is 4.31 Å². The molecule has 34 heavy (non-hydrogen) atoms. The van der Waals surface area contributed by atoms with Crippen LogP contribution in [0.2, 0.25) is 5.02 Å². The molecule has 0 spiro atoms. The zero-order valence-corrected chi connectivity index (χ0v) is 20.2. The minimum absolute atomic E-state index is 0.147. The zero-order valence-electron chi connectivity index (χ0n) is 18.7. The van der Waals surface area contributed by atoms with Crippen LogP contribution >= 0.6 is 11.6 Å². The summed E-state index contributed by atoms with van der Waals surface area (Å²) < 4.78 is 45.5. The summed E-state index contributed by atoms with van der Waals surface area (Å²) in [7, 11) is -2.19.